The van der Waals surface area contributed by atoms with Gasteiger partial charge in [0.2, 0.25) is 5.91 Å². The van der Waals surface area contributed by atoms with Crippen molar-refractivity contribution in [2.24, 2.45) is 5.92 Å². The summed E-state index contributed by atoms with van der Waals surface area (Å²) >= 11 is 1.33. The second-order valence-electron chi connectivity index (χ2n) is 7.75. The van der Waals surface area contributed by atoms with Crippen molar-refractivity contribution in [3.05, 3.63) is 35.9 Å². The number of thioether (sulfide) groups is 1. The first kappa shape index (κ1) is 20.2. The van der Waals surface area contributed by atoms with E-state index in [2.05, 4.69) is 22.3 Å². The number of aryl methyl sites for hydroxylation is 1. The first-order valence-electron chi connectivity index (χ1n) is 10.5. The van der Waals surface area contributed by atoms with Crippen LogP contribution in [0.1, 0.15) is 56.9 Å². The maximum Gasteiger partial charge on any atom is 0.281 e. The van der Waals surface area contributed by atoms with Gasteiger partial charge in [-0.05, 0) is 50.0 Å². The van der Waals surface area contributed by atoms with E-state index in [1.165, 1.54) is 49.4 Å². The van der Waals surface area contributed by atoms with Crippen molar-refractivity contribution < 1.29 is 9.59 Å². The summed E-state index contributed by atoms with van der Waals surface area (Å²) < 4.78 is 0. The molecule has 1 heterocycles. The van der Waals surface area contributed by atoms with Crippen molar-refractivity contribution in [2.45, 2.75) is 63.8 Å². The Kier molecular flexibility index (Phi) is 8.06. The van der Waals surface area contributed by atoms with Crippen molar-refractivity contribution in [3.8, 4) is 0 Å². The summed E-state index contributed by atoms with van der Waals surface area (Å²) in [5.41, 5.74) is 1.30. The fraction of sp³-hybridized carbons (Fsp3) is 0.636. The number of amides is 2. The number of nitrogens with zero attached hydrogens (tertiary/aromatic N) is 1. The summed E-state index contributed by atoms with van der Waals surface area (Å²) in [4.78, 5) is 26.7. The van der Waals surface area contributed by atoms with Gasteiger partial charge in [0.05, 0.1) is 0 Å². The number of hydrogen-bond acceptors (Lipinski definition) is 3. The molecular weight excluding hydrogens is 356 g/mol. The van der Waals surface area contributed by atoms with E-state index < -0.39 is 0 Å². The topological polar surface area (TPSA) is 49.4 Å². The van der Waals surface area contributed by atoms with E-state index in [0.717, 1.165) is 25.8 Å². The molecule has 27 heavy (non-hydrogen) atoms. The van der Waals surface area contributed by atoms with Crippen LogP contribution in [0.15, 0.2) is 30.3 Å². The summed E-state index contributed by atoms with van der Waals surface area (Å²) in [6.45, 7) is 1.60. The minimum atomic E-state index is 0.0533. The highest BCUT2D eigenvalue weighted by Crippen LogP contribution is 2.36. The zero-order chi connectivity index (χ0) is 18.9. The first-order valence-corrected chi connectivity index (χ1v) is 11.5. The maximum atomic E-state index is 12.6. The molecule has 2 aliphatic rings. The van der Waals surface area contributed by atoms with Crippen LogP contribution in [0.25, 0.3) is 0 Å². The lowest BCUT2D eigenvalue weighted by molar-refractivity contribution is -0.120. The summed E-state index contributed by atoms with van der Waals surface area (Å²) in [7, 11) is 0. The van der Waals surface area contributed by atoms with Gasteiger partial charge >= 0.3 is 0 Å². The molecule has 2 unspecified atom stereocenters. The van der Waals surface area contributed by atoms with E-state index >= 15 is 0 Å². The number of likely N-dealkylation sites (tertiary alicyclic amines) is 1. The van der Waals surface area contributed by atoms with Gasteiger partial charge in [-0.3, -0.25) is 9.59 Å². The van der Waals surface area contributed by atoms with Gasteiger partial charge in [-0.2, -0.15) is 0 Å². The van der Waals surface area contributed by atoms with E-state index in [4.69, 9.17) is 0 Å². The number of rotatable bonds is 7. The molecule has 148 valence electrons. The largest absolute Gasteiger partial charge is 0.356 e. The van der Waals surface area contributed by atoms with Gasteiger partial charge in [0.15, 0.2) is 0 Å². The Morgan fingerprint density at radius 2 is 1.85 bits per heavy atom. The Hall–Kier alpha value is -1.49. The molecule has 2 amide bonds. The van der Waals surface area contributed by atoms with Crippen LogP contribution in [0, 0.1) is 5.92 Å². The van der Waals surface area contributed by atoms with E-state index in [-0.39, 0.29) is 11.1 Å². The summed E-state index contributed by atoms with van der Waals surface area (Å²) in [5, 5.41) is 3.16. The van der Waals surface area contributed by atoms with Crippen LogP contribution in [0.3, 0.4) is 0 Å². The van der Waals surface area contributed by atoms with Gasteiger partial charge < -0.3 is 10.2 Å². The molecule has 1 aliphatic heterocycles. The Bertz CT molecular complexity index is 606. The molecule has 0 spiro atoms. The van der Waals surface area contributed by atoms with Crippen LogP contribution in [-0.4, -0.2) is 40.9 Å². The summed E-state index contributed by atoms with van der Waals surface area (Å²) in [6, 6.07) is 10.8. The third kappa shape index (κ3) is 6.27. The number of carbonyl (C=O) groups excluding carboxylic acids is 2. The molecule has 0 aromatic heterocycles. The average Bonchev–Trinajstić information content (AvgIpc) is 2.71. The highest BCUT2D eigenvalue weighted by molar-refractivity contribution is 8.13. The smallest absolute Gasteiger partial charge is 0.281 e. The van der Waals surface area contributed by atoms with Gasteiger partial charge in [-0.15, -0.1) is 0 Å². The predicted molar refractivity (Wildman–Crippen MR) is 112 cm³/mol. The summed E-state index contributed by atoms with van der Waals surface area (Å²) in [6.07, 6.45) is 9.78. The van der Waals surface area contributed by atoms with Crippen molar-refractivity contribution in [1.82, 2.24) is 10.2 Å². The fourth-order valence-electron chi connectivity index (χ4n) is 4.42. The number of nitrogens with one attached hydrogen (secondary N) is 1. The monoisotopic (exact) mass is 388 g/mol. The second-order valence-corrected chi connectivity index (χ2v) is 8.80. The Morgan fingerprint density at radius 3 is 2.70 bits per heavy atom. The fourth-order valence-corrected chi connectivity index (χ4v) is 5.27. The highest BCUT2D eigenvalue weighted by atomic mass is 32.2. The molecule has 5 heteroatoms. The van der Waals surface area contributed by atoms with E-state index in [1.807, 2.05) is 18.2 Å². The molecule has 3 rings (SSSR count). The molecule has 1 saturated carbocycles. The Morgan fingerprint density at radius 1 is 1.07 bits per heavy atom. The van der Waals surface area contributed by atoms with Crippen LogP contribution >= 0.6 is 11.8 Å². The molecular formula is C22H32N2O2S. The highest BCUT2D eigenvalue weighted by Gasteiger charge is 2.35. The molecule has 2 fully saturated rings. The van der Waals surface area contributed by atoms with E-state index in [1.54, 1.807) is 0 Å². The molecule has 2 atom stereocenters. The van der Waals surface area contributed by atoms with Gasteiger partial charge in [0, 0.05) is 31.3 Å². The average molecular weight is 389 g/mol. The Balaban J connectivity index is 1.29. The van der Waals surface area contributed by atoms with Crippen molar-refractivity contribution >= 4 is 22.9 Å². The van der Waals surface area contributed by atoms with Crippen LogP contribution in [-0.2, 0) is 11.2 Å². The second kappa shape index (κ2) is 10.7. The van der Waals surface area contributed by atoms with Crippen LogP contribution in [0.5, 0.6) is 0 Å². The maximum absolute atomic E-state index is 12.6. The van der Waals surface area contributed by atoms with Crippen LogP contribution in [0.2, 0.25) is 0 Å². The zero-order valence-corrected chi connectivity index (χ0v) is 17.0. The van der Waals surface area contributed by atoms with Crippen molar-refractivity contribution in [3.63, 3.8) is 0 Å². The lowest BCUT2D eigenvalue weighted by Crippen LogP contribution is -2.48. The molecule has 0 radical (unpaired) electrons. The lowest BCUT2D eigenvalue weighted by Gasteiger charge is -2.43. The number of benzene rings is 1. The standard InChI is InChI=1S/C22H32N2O2S/c25-21(23-15-6-10-18-8-2-1-3-9-18)14-17-27-22(26)24-16-7-12-19-11-4-5-13-20(19)24/h1-3,8-9,19-20H,4-7,10-17H2,(H,23,25). The quantitative estimate of drug-likeness (QED) is 0.693. The molecule has 1 N–H and O–H groups in total. The van der Waals surface area contributed by atoms with Crippen molar-refractivity contribution in [1.29, 1.82) is 0 Å². The zero-order valence-electron chi connectivity index (χ0n) is 16.2. The number of carbonyl (C=O) groups is 2. The summed E-state index contributed by atoms with van der Waals surface area (Å²) in [5.74, 6) is 1.35. The lowest BCUT2D eigenvalue weighted by atomic mass is 9.78. The minimum Gasteiger partial charge on any atom is -0.356 e. The van der Waals surface area contributed by atoms with Crippen LogP contribution < -0.4 is 5.32 Å². The predicted octanol–water partition coefficient (Wildman–Crippen LogP) is 4.63. The van der Waals surface area contributed by atoms with Gasteiger partial charge in [0.25, 0.3) is 5.24 Å². The van der Waals surface area contributed by atoms with Gasteiger partial charge in [0.1, 0.15) is 0 Å². The molecule has 4 nitrogen and oxygen atoms in total. The number of fused-ring (bicyclic) bond motifs is 1. The van der Waals surface area contributed by atoms with Crippen molar-refractivity contribution in [2.75, 3.05) is 18.8 Å². The molecule has 1 aromatic carbocycles. The van der Waals surface area contributed by atoms with Crippen LogP contribution in [0.4, 0.5) is 4.79 Å². The molecule has 1 saturated heterocycles. The molecule has 1 aliphatic carbocycles. The van der Waals surface area contributed by atoms with Gasteiger partial charge in [-0.25, -0.2) is 0 Å². The van der Waals surface area contributed by atoms with E-state index in [0.29, 0.717) is 30.7 Å². The van der Waals surface area contributed by atoms with E-state index in [9.17, 15) is 9.59 Å². The minimum absolute atomic E-state index is 0.0533. The number of hydrogen-bond donors (Lipinski definition) is 1. The first-order chi connectivity index (χ1) is 13.2. The number of piperidine rings is 1. The Labute approximate surface area is 167 Å². The molecule has 0 bridgehead atoms. The normalized spacial score (nSPS) is 22.1. The third-order valence-corrected chi connectivity index (χ3v) is 6.73. The third-order valence-electron chi connectivity index (χ3n) is 5.84. The van der Waals surface area contributed by atoms with Gasteiger partial charge in [-0.1, -0.05) is 54.9 Å². The SMILES string of the molecule is O=C(CCSC(=O)N1CCCC2CCCCC21)NCCCc1ccccc1. The molecule has 1 aromatic rings.